The third-order valence-electron chi connectivity index (χ3n) is 5.91. The second-order valence-electron chi connectivity index (χ2n) is 8.04. The van der Waals surface area contributed by atoms with E-state index in [-0.39, 0.29) is 18.3 Å². The van der Waals surface area contributed by atoms with Crippen molar-refractivity contribution < 1.29 is 13.9 Å². The number of fused-ring (bicyclic) bond motifs is 3. The molecule has 1 aromatic heterocycles. The van der Waals surface area contributed by atoms with Gasteiger partial charge in [0, 0.05) is 30.1 Å². The Labute approximate surface area is 175 Å². The van der Waals surface area contributed by atoms with Gasteiger partial charge in [-0.1, -0.05) is 6.07 Å². The Morgan fingerprint density at radius 2 is 2.10 bits per heavy atom. The van der Waals surface area contributed by atoms with E-state index in [1.165, 1.54) is 17.6 Å². The van der Waals surface area contributed by atoms with Crippen molar-refractivity contribution in [3.05, 3.63) is 34.5 Å². The van der Waals surface area contributed by atoms with Crippen LogP contribution in [0.2, 0.25) is 0 Å². The number of amides is 1. The Balaban J connectivity index is 1.35. The maximum atomic E-state index is 13.8. The van der Waals surface area contributed by atoms with Gasteiger partial charge in [-0.05, 0) is 68.6 Å². The Hall–Kier alpha value is -1.99. The normalized spacial score (nSPS) is 21.0. The molecule has 0 atom stereocenters. The number of nitrogens with zero attached hydrogens (tertiary/aromatic N) is 1. The lowest BCUT2D eigenvalue weighted by molar-refractivity contribution is -0.124. The van der Waals surface area contributed by atoms with Crippen LogP contribution in [0.15, 0.2) is 18.2 Å². The molecule has 0 bridgehead atoms. The van der Waals surface area contributed by atoms with Gasteiger partial charge in [-0.2, -0.15) is 0 Å². The van der Waals surface area contributed by atoms with Crippen LogP contribution in [0, 0.1) is 11.7 Å². The first-order valence-electron chi connectivity index (χ1n) is 10.4. The summed E-state index contributed by atoms with van der Waals surface area (Å²) in [5.74, 6) is 0.278. The summed E-state index contributed by atoms with van der Waals surface area (Å²) in [7, 11) is 1.53. The van der Waals surface area contributed by atoms with Gasteiger partial charge in [0.2, 0.25) is 5.91 Å². The monoisotopic (exact) mass is 417 g/mol. The zero-order chi connectivity index (χ0) is 20.2. The van der Waals surface area contributed by atoms with E-state index in [2.05, 4.69) is 10.6 Å². The van der Waals surface area contributed by atoms with Gasteiger partial charge in [0.1, 0.15) is 12.4 Å². The number of carbonyl (C=O) groups is 1. The molecule has 1 aromatic carbocycles. The second kappa shape index (κ2) is 9.22. The Morgan fingerprint density at radius 1 is 1.28 bits per heavy atom. The molecule has 1 amide bonds. The molecule has 0 spiro atoms. The van der Waals surface area contributed by atoms with Crippen molar-refractivity contribution in [2.45, 2.75) is 51.0 Å². The van der Waals surface area contributed by atoms with Crippen LogP contribution in [0.4, 0.5) is 9.52 Å². The van der Waals surface area contributed by atoms with Gasteiger partial charge in [-0.3, -0.25) is 4.79 Å². The largest absolute Gasteiger partial charge is 0.375 e. The van der Waals surface area contributed by atoms with E-state index in [1.54, 1.807) is 23.5 Å². The predicted molar refractivity (Wildman–Crippen MR) is 114 cm³/mol. The summed E-state index contributed by atoms with van der Waals surface area (Å²) in [6.07, 6.45) is 7.37. The van der Waals surface area contributed by atoms with Crippen molar-refractivity contribution in [3.8, 4) is 11.3 Å². The fraction of sp³-hybridized carbons (Fsp3) is 0.545. The zero-order valence-electron chi connectivity index (χ0n) is 16.8. The summed E-state index contributed by atoms with van der Waals surface area (Å²) in [6, 6.07) is 5.49. The molecule has 0 radical (unpaired) electrons. The second-order valence-corrected chi connectivity index (χ2v) is 9.13. The lowest BCUT2D eigenvalue weighted by atomic mass is 9.86. The highest BCUT2D eigenvalue weighted by molar-refractivity contribution is 7.16. The van der Waals surface area contributed by atoms with Crippen LogP contribution in [0.5, 0.6) is 0 Å². The topological polar surface area (TPSA) is 63.2 Å². The molecule has 1 fully saturated rings. The van der Waals surface area contributed by atoms with Gasteiger partial charge >= 0.3 is 0 Å². The molecule has 7 heteroatoms. The quantitative estimate of drug-likeness (QED) is 0.740. The molecule has 1 heterocycles. The van der Waals surface area contributed by atoms with Crippen LogP contribution in [0.25, 0.3) is 11.3 Å². The smallest absolute Gasteiger partial charge is 0.245 e. The molecule has 5 nitrogen and oxygen atoms in total. The number of hydrogen-bond donors (Lipinski definition) is 2. The summed E-state index contributed by atoms with van der Waals surface area (Å²) in [6.45, 7) is 0.849. The highest BCUT2D eigenvalue weighted by atomic mass is 32.1. The van der Waals surface area contributed by atoms with Crippen molar-refractivity contribution >= 4 is 22.4 Å². The van der Waals surface area contributed by atoms with E-state index in [0.717, 1.165) is 67.9 Å². The predicted octanol–water partition coefficient (Wildman–Crippen LogP) is 4.17. The van der Waals surface area contributed by atoms with Crippen molar-refractivity contribution in [2.24, 2.45) is 5.92 Å². The molecule has 2 aromatic rings. The van der Waals surface area contributed by atoms with E-state index >= 15 is 0 Å². The van der Waals surface area contributed by atoms with E-state index in [9.17, 15) is 9.18 Å². The minimum atomic E-state index is -0.199. The van der Waals surface area contributed by atoms with Crippen molar-refractivity contribution in [3.63, 3.8) is 0 Å². The van der Waals surface area contributed by atoms with E-state index in [4.69, 9.17) is 9.72 Å². The number of aryl methyl sites for hydroxylation is 2. The number of benzene rings is 1. The first-order valence-corrected chi connectivity index (χ1v) is 11.2. The highest BCUT2D eigenvalue weighted by Gasteiger charge is 2.24. The number of ether oxygens (including phenoxy) is 1. The van der Waals surface area contributed by atoms with Gasteiger partial charge < -0.3 is 15.4 Å². The zero-order valence-corrected chi connectivity index (χ0v) is 17.6. The third kappa shape index (κ3) is 4.95. The molecule has 0 aliphatic heterocycles. The number of rotatable bonds is 6. The van der Waals surface area contributed by atoms with Crippen LogP contribution in [-0.4, -0.2) is 37.2 Å². The molecule has 2 N–H and O–H groups in total. The Bertz CT molecular complexity index is 862. The van der Waals surface area contributed by atoms with Crippen LogP contribution in [0.1, 0.15) is 42.5 Å². The molecule has 0 unspecified atom stereocenters. The number of thiazole rings is 1. The third-order valence-corrected chi connectivity index (χ3v) is 6.96. The molecular formula is C22H28FN3O2S. The molecule has 0 saturated heterocycles. The molecule has 29 heavy (non-hydrogen) atoms. The summed E-state index contributed by atoms with van der Waals surface area (Å²) in [5, 5.41) is 7.51. The van der Waals surface area contributed by atoms with Crippen molar-refractivity contribution in [1.82, 2.24) is 10.3 Å². The number of anilines is 1. The lowest BCUT2D eigenvalue weighted by Crippen LogP contribution is -2.35. The average Bonchev–Trinajstić information content (AvgIpc) is 3.03. The minimum Gasteiger partial charge on any atom is -0.375 e. The van der Waals surface area contributed by atoms with Gasteiger partial charge in [-0.25, -0.2) is 9.37 Å². The average molecular weight is 418 g/mol. The van der Waals surface area contributed by atoms with E-state index in [0.29, 0.717) is 12.0 Å². The number of hydrogen-bond acceptors (Lipinski definition) is 5. The van der Waals surface area contributed by atoms with Gasteiger partial charge in [0.05, 0.1) is 5.69 Å². The van der Waals surface area contributed by atoms with E-state index in [1.807, 2.05) is 6.07 Å². The van der Waals surface area contributed by atoms with Gasteiger partial charge in [-0.15, -0.1) is 11.3 Å². The number of carbonyl (C=O) groups excluding carboxylic acids is 1. The summed E-state index contributed by atoms with van der Waals surface area (Å²) in [5.41, 5.74) is 3.11. The molecule has 1 saturated carbocycles. The van der Waals surface area contributed by atoms with E-state index < -0.39 is 0 Å². The first kappa shape index (κ1) is 20.3. The molecule has 4 rings (SSSR count). The van der Waals surface area contributed by atoms with Gasteiger partial charge in [0.25, 0.3) is 0 Å². The van der Waals surface area contributed by atoms with Crippen LogP contribution >= 0.6 is 11.3 Å². The number of halogens is 1. The van der Waals surface area contributed by atoms with Gasteiger partial charge in [0.15, 0.2) is 5.13 Å². The van der Waals surface area contributed by atoms with Crippen LogP contribution < -0.4 is 10.6 Å². The Morgan fingerprint density at radius 3 is 2.90 bits per heavy atom. The first-order chi connectivity index (χ1) is 14.1. The summed E-state index contributed by atoms with van der Waals surface area (Å²) < 4.78 is 18.7. The lowest BCUT2D eigenvalue weighted by Gasteiger charge is -2.29. The fourth-order valence-corrected chi connectivity index (χ4v) is 5.44. The fourth-order valence-electron chi connectivity index (χ4n) is 4.35. The van der Waals surface area contributed by atoms with Crippen LogP contribution in [0.3, 0.4) is 0 Å². The number of nitrogens with one attached hydrogen (secondary N) is 2. The maximum Gasteiger partial charge on any atom is 0.245 e. The SMILES string of the molecule is COCC(=O)NCC1CCC(Nc2nc3c(s2)CCCc2ccc(F)cc2-3)CC1. The number of methoxy groups -OCH3 is 1. The molecular weight excluding hydrogens is 389 g/mol. The molecule has 2 aliphatic rings. The van der Waals surface area contributed by atoms with Crippen molar-refractivity contribution in [2.75, 3.05) is 25.6 Å². The molecule has 2 aliphatic carbocycles. The summed E-state index contributed by atoms with van der Waals surface area (Å²) >= 11 is 1.72. The van der Waals surface area contributed by atoms with Crippen LogP contribution in [-0.2, 0) is 22.4 Å². The maximum absolute atomic E-state index is 13.8. The summed E-state index contributed by atoms with van der Waals surface area (Å²) in [4.78, 5) is 17.7. The highest BCUT2D eigenvalue weighted by Crippen LogP contribution is 2.38. The molecule has 156 valence electrons. The Kier molecular flexibility index (Phi) is 6.45. The number of aromatic nitrogens is 1. The minimum absolute atomic E-state index is 0.0475. The standard InChI is InChI=1S/C22H28FN3O2S/c1-28-13-20(27)24-12-14-5-9-17(10-6-14)25-22-26-21-18-11-16(23)8-7-15(18)3-2-4-19(21)29-22/h7-8,11,14,17H,2-6,9-10,12-13H2,1H3,(H,24,27)(H,25,26). The van der Waals surface area contributed by atoms with Crippen molar-refractivity contribution in [1.29, 1.82) is 0 Å².